The summed E-state index contributed by atoms with van der Waals surface area (Å²) in [6.45, 7) is 7.86. The van der Waals surface area contributed by atoms with Crippen LogP contribution in [0.5, 0.6) is 0 Å². The van der Waals surface area contributed by atoms with Gasteiger partial charge in [0, 0.05) is 20.3 Å². The summed E-state index contributed by atoms with van der Waals surface area (Å²) < 4.78 is 10.9. The summed E-state index contributed by atoms with van der Waals surface area (Å²) in [5, 5.41) is 0. The monoisotopic (exact) mass is 305 g/mol. The molecular weight excluding hydrogens is 278 g/mol. The Hall–Kier alpha value is -1.39. The summed E-state index contributed by atoms with van der Waals surface area (Å²) in [5.41, 5.74) is 0.774. The predicted molar refractivity (Wildman–Crippen MR) is 86.5 cm³/mol. The van der Waals surface area contributed by atoms with Gasteiger partial charge in [-0.25, -0.2) is 0 Å². The van der Waals surface area contributed by atoms with Crippen LogP contribution < -0.4 is 0 Å². The summed E-state index contributed by atoms with van der Waals surface area (Å²) in [5.74, 6) is 0.107. The quantitative estimate of drug-likeness (QED) is 0.811. The highest BCUT2D eigenvalue weighted by Gasteiger charge is 2.39. The third-order valence-corrected chi connectivity index (χ3v) is 4.37. The minimum absolute atomic E-state index is 0.0101. The fourth-order valence-corrected chi connectivity index (χ4v) is 3.04. The Morgan fingerprint density at radius 3 is 2.59 bits per heavy atom. The first kappa shape index (κ1) is 17.0. The van der Waals surface area contributed by atoms with E-state index in [0.717, 1.165) is 12.0 Å². The largest absolute Gasteiger partial charge is 0.382 e. The van der Waals surface area contributed by atoms with Crippen molar-refractivity contribution in [1.29, 1.82) is 0 Å². The molecule has 1 heterocycles. The van der Waals surface area contributed by atoms with Gasteiger partial charge in [0.2, 0.25) is 5.91 Å². The zero-order valence-electron chi connectivity index (χ0n) is 14.0. The minimum Gasteiger partial charge on any atom is -0.382 e. The SMILES string of the molecule is COCC(C)(C)N(Cc1ccccc1)C(=O)[C@@H]1CCO[C@H]1C. The van der Waals surface area contributed by atoms with Crippen molar-refractivity contribution in [3.8, 4) is 0 Å². The van der Waals surface area contributed by atoms with Crippen LogP contribution in [-0.4, -0.2) is 42.8 Å². The predicted octanol–water partition coefficient (Wildman–Crippen LogP) is 2.87. The summed E-state index contributed by atoms with van der Waals surface area (Å²) in [7, 11) is 1.67. The van der Waals surface area contributed by atoms with E-state index in [1.807, 2.05) is 30.0 Å². The van der Waals surface area contributed by atoms with Crippen molar-refractivity contribution < 1.29 is 14.3 Å². The molecule has 4 nitrogen and oxygen atoms in total. The first-order chi connectivity index (χ1) is 10.5. The van der Waals surface area contributed by atoms with Crippen molar-refractivity contribution in [1.82, 2.24) is 4.90 Å². The molecule has 1 aliphatic rings. The molecule has 4 heteroatoms. The molecule has 2 rings (SSSR count). The topological polar surface area (TPSA) is 38.8 Å². The first-order valence-corrected chi connectivity index (χ1v) is 7.91. The summed E-state index contributed by atoms with van der Waals surface area (Å²) in [6.07, 6.45) is 0.790. The Morgan fingerprint density at radius 2 is 2.05 bits per heavy atom. The van der Waals surface area contributed by atoms with Gasteiger partial charge in [-0.15, -0.1) is 0 Å². The summed E-state index contributed by atoms with van der Waals surface area (Å²) >= 11 is 0. The van der Waals surface area contributed by atoms with Gasteiger partial charge in [0.25, 0.3) is 0 Å². The van der Waals surface area contributed by atoms with Crippen molar-refractivity contribution in [2.75, 3.05) is 20.3 Å². The smallest absolute Gasteiger partial charge is 0.229 e. The van der Waals surface area contributed by atoms with Crippen LogP contribution >= 0.6 is 0 Å². The molecule has 1 fully saturated rings. The van der Waals surface area contributed by atoms with E-state index >= 15 is 0 Å². The maximum atomic E-state index is 13.1. The molecule has 0 saturated carbocycles. The molecule has 0 aromatic heterocycles. The molecule has 0 radical (unpaired) electrons. The Morgan fingerprint density at radius 1 is 1.36 bits per heavy atom. The van der Waals surface area contributed by atoms with Crippen LogP contribution in [0.4, 0.5) is 0 Å². The van der Waals surface area contributed by atoms with E-state index < -0.39 is 0 Å². The number of nitrogens with zero attached hydrogens (tertiary/aromatic N) is 1. The molecule has 0 aliphatic carbocycles. The highest BCUT2D eigenvalue weighted by molar-refractivity contribution is 5.80. The van der Waals surface area contributed by atoms with Crippen LogP contribution in [0.2, 0.25) is 0 Å². The van der Waals surface area contributed by atoms with Gasteiger partial charge in [0.1, 0.15) is 0 Å². The second-order valence-corrected chi connectivity index (χ2v) is 6.63. The van der Waals surface area contributed by atoms with E-state index in [-0.39, 0.29) is 23.5 Å². The van der Waals surface area contributed by atoms with Gasteiger partial charge in [-0.3, -0.25) is 4.79 Å². The van der Waals surface area contributed by atoms with E-state index in [4.69, 9.17) is 9.47 Å². The summed E-state index contributed by atoms with van der Waals surface area (Å²) in [6, 6.07) is 10.1. The maximum Gasteiger partial charge on any atom is 0.229 e. The Bertz CT molecular complexity index is 486. The molecule has 0 spiro atoms. The number of carbonyl (C=O) groups is 1. The van der Waals surface area contributed by atoms with Gasteiger partial charge in [-0.1, -0.05) is 30.3 Å². The number of ether oxygens (including phenoxy) is 2. The molecule has 1 aromatic rings. The van der Waals surface area contributed by atoms with Crippen LogP contribution in [0.1, 0.15) is 32.8 Å². The van der Waals surface area contributed by atoms with Crippen molar-refractivity contribution >= 4 is 5.91 Å². The number of hydrogen-bond donors (Lipinski definition) is 0. The number of methoxy groups -OCH3 is 1. The molecule has 1 saturated heterocycles. The number of hydrogen-bond acceptors (Lipinski definition) is 3. The van der Waals surface area contributed by atoms with Crippen LogP contribution in [-0.2, 0) is 20.8 Å². The zero-order valence-corrected chi connectivity index (χ0v) is 14.0. The van der Waals surface area contributed by atoms with Crippen LogP contribution in [0.15, 0.2) is 30.3 Å². The highest BCUT2D eigenvalue weighted by atomic mass is 16.5. The van der Waals surface area contributed by atoms with Crippen molar-refractivity contribution in [3.05, 3.63) is 35.9 Å². The molecule has 0 N–H and O–H groups in total. The standard InChI is InChI=1S/C18H27NO3/c1-14-16(10-11-22-14)17(20)19(18(2,3)13-21-4)12-15-8-6-5-7-9-15/h5-9,14,16H,10-13H2,1-4H3/t14-,16+/m0/s1. The number of carbonyl (C=O) groups excluding carboxylic acids is 1. The van der Waals surface area contributed by atoms with Crippen LogP contribution in [0, 0.1) is 5.92 Å². The van der Waals surface area contributed by atoms with Gasteiger partial charge >= 0.3 is 0 Å². The lowest BCUT2D eigenvalue weighted by Crippen LogP contribution is -2.52. The maximum absolute atomic E-state index is 13.1. The highest BCUT2D eigenvalue weighted by Crippen LogP contribution is 2.28. The van der Waals surface area contributed by atoms with Gasteiger partial charge in [0.05, 0.1) is 24.2 Å². The van der Waals surface area contributed by atoms with E-state index in [1.165, 1.54) is 0 Å². The molecule has 1 aliphatic heterocycles. The van der Waals surface area contributed by atoms with Crippen LogP contribution in [0.3, 0.4) is 0 Å². The third kappa shape index (κ3) is 3.87. The molecular formula is C18H27NO3. The molecule has 122 valence electrons. The van der Waals surface area contributed by atoms with E-state index in [9.17, 15) is 4.79 Å². The van der Waals surface area contributed by atoms with Crippen molar-refractivity contribution in [3.63, 3.8) is 0 Å². The Labute approximate surface area is 133 Å². The van der Waals surface area contributed by atoms with E-state index in [0.29, 0.717) is 19.8 Å². The second kappa shape index (κ2) is 7.25. The average Bonchev–Trinajstić information content (AvgIpc) is 2.91. The van der Waals surface area contributed by atoms with Gasteiger partial charge in [-0.05, 0) is 32.8 Å². The molecule has 22 heavy (non-hydrogen) atoms. The first-order valence-electron chi connectivity index (χ1n) is 7.91. The van der Waals surface area contributed by atoms with Gasteiger partial charge in [-0.2, -0.15) is 0 Å². The molecule has 2 atom stereocenters. The van der Waals surface area contributed by atoms with Crippen molar-refractivity contribution in [2.45, 2.75) is 45.4 Å². The van der Waals surface area contributed by atoms with E-state index in [1.54, 1.807) is 7.11 Å². The number of amides is 1. The van der Waals surface area contributed by atoms with Crippen LogP contribution in [0.25, 0.3) is 0 Å². The van der Waals surface area contributed by atoms with Gasteiger partial charge < -0.3 is 14.4 Å². The molecule has 1 aromatic carbocycles. The fraction of sp³-hybridized carbons (Fsp3) is 0.611. The lowest BCUT2D eigenvalue weighted by molar-refractivity contribution is -0.145. The molecule has 1 amide bonds. The lowest BCUT2D eigenvalue weighted by atomic mass is 9.95. The van der Waals surface area contributed by atoms with E-state index in [2.05, 4.69) is 26.0 Å². The second-order valence-electron chi connectivity index (χ2n) is 6.63. The zero-order chi connectivity index (χ0) is 16.2. The minimum atomic E-state index is -0.357. The van der Waals surface area contributed by atoms with Gasteiger partial charge in [0.15, 0.2) is 0 Å². The fourth-order valence-electron chi connectivity index (χ4n) is 3.04. The summed E-state index contributed by atoms with van der Waals surface area (Å²) in [4.78, 5) is 15.0. The molecule has 0 unspecified atom stereocenters. The number of benzene rings is 1. The molecule has 0 bridgehead atoms. The van der Waals surface area contributed by atoms with Crippen molar-refractivity contribution in [2.24, 2.45) is 5.92 Å². The lowest BCUT2D eigenvalue weighted by Gasteiger charge is -2.40. The average molecular weight is 305 g/mol. The number of rotatable bonds is 6. The third-order valence-electron chi connectivity index (χ3n) is 4.37. The Balaban J connectivity index is 2.22. The Kier molecular flexibility index (Phi) is 5.59. The normalized spacial score (nSPS) is 21.8.